The third kappa shape index (κ3) is 3.22. The monoisotopic (exact) mass is 282 g/mol. The van der Waals surface area contributed by atoms with Crippen molar-refractivity contribution in [3.63, 3.8) is 0 Å². The molecule has 2 unspecified atom stereocenters. The van der Waals surface area contributed by atoms with Crippen LogP contribution in [0.2, 0.25) is 0 Å². The summed E-state index contributed by atoms with van der Waals surface area (Å²) >= 11 is 5.26. The predicted octanol–water partition coefficient (Wildman–Crippen LogP) is 3.34. The molecule has 19 heavy (non-hydrogen) atoms. The van der Waals surface area contributed by atoms with E-state index in [2.05, 4.69) is 16.9 Å². The van der Waals surface area contributed by atoms with Crippen molar-refractivity contribution in [2.75, 3.05) is 14.2 Å². The van der Waals surface area contributed by atoms with Gasteiger partial charge in [-0.2, -0.15) is 0 Å². The Morgan fingerprint density at radius 1 is 1.53 bits per heavy atom. The molecule has 106 valence electrons. The lowest BCUT2D eigenvalue weighted by Crippen LogP contribution is -2.36. The molecule has 1 aromatic heterocycles. The summed E-state index contributed by atoms with van der Waals surface area (Å²) in [5.74, 6) is 1.49. The Bertz CT molecular complexity index is 489. The van der Waals surface area contributed by atoms with Crippen LogP contribution in [0.4, 0.5) is 0 Å². The Morgan fingerprint density at radius 2 is 2.32 bits per heavy atom. The molecule has 4 nitrogen and oxygen atoms in total. The average molecular weight is 282 g/mol. The second-order valence-electron chi connectivity index (χ2n) is 5.43. The van der Waals surface area contributed by atoms with Gasteiger partial charge in [-0.15, -0.1) is 0 Å². The van der Waals surface area contributed by atoms with Gasteiger partial charge >= 0.3 is 0 Å². The van der Waals surface area contributed by atoms with Crippen molar-refractivity contribution in [2.24, 2.45) is 5.92 Å². The van der Waals surface area contributed by atoms with Gasteiger partial charge in [-0.25, -0.2) is 4.98 Å². The normalized spacial score (nSPS) is 27.4. The third-order valence-electron chi connectivity index (χ3n) is 3.88. The van der Waals surface area contributed by atoms with E-state index in [4.69, 9.17) is 21.7 Å². The van der Waals surface area contributed by atoms with Gasteiger partial charge in [0.1, 0.15) is 16.1 Å². The molecule has 0 radical (unpaired) electrons. The number of methoxy groups -OCH3 is 2. The molecule has 0 saturated heterocycles. The van der Waals surface area contributed by atoms with Gasteiger partial charge < -0.3 is 14.5 Å². The smallest absolute Gasteiger partial charge is 0.140 e. The van der Waals surface area contributed by atoms with E-state index < -0.39 is 0 Å². The van der Waals surface area contributed by atoms with Gasteiger partial charge in [-0.05, 0) is 31.2 Å². The summed E-state index contributed by atoms with van der Waals surface area (Å²) in [4.78, 5) is 7.84. The van der Waals surface area contributed by atoms with Crippen LogP contribution >= 0.6 is 12.2 Å². The first-order valence-corrected chi connectivity index (χ1v) is 7.15. The van der Waals surface area contributed by atoms with Crippen LogP contribution in [0.5, 0.6) is 0 Å². The van der Waals surface area contributed by atoms with Crippen LogP contribution in [0.25, 0.3) is 0 Å². The number of ether oxygens (including phenoxy) is 2. The number of hydrogen-bond acceptors (Lipinski definition) is 4. The summed E-state index contributed by atoms with van der Waals surface area (Å²) < 4.78 is 11.6. The zero-order valence-electron chi connectivity index (χ0n) is 11.9. The molecule has 0 aromatic carbocycles. The van der Waals surface area contributed by atoms with Crippen molar-refractivity contribution in [3.8, 4) is 0 Å². The topological polar surface area (TPSA) is 47.1 Å². The fourth-order valence-electron chi connectivity index (χ4n) is 2.96. The molecule has 0 amide bonds. The maximum Gasteiger partial charge on any atom is 0.140 e. The van der Waals surface area contributed by atoms with E-state index in [1.807, 2.05) is 6.07 Å². The molecule has 1 aliphatic rings. The minimum atomic E-state index is -0.324. The second-order valence-corrected chi connectivity index (χ2v) is 5.84. The van der Waals surface area contributed by atoms with Gasteiger partial charge in [-0.3, -0.25) is 0 Å². The summed E-state index contributed by atoms with van der Waals surface area (Å²) in [6.45, 7) is 2.77. The summed E-state index contributed by atoms with van der Waals surface area (Å²) in [5.41, 5.74) is 0.627. The number of nitrogens with zero attached hydrogens (tertiary/aromatic N) is 1. The Hall–Kier alpha value is -0.780. The summed E-state index contributed by atoms with van der Waals surface area (Å²) in [6.07, 6.45) is 4.39. The van der Waals surface area contributed by atoms with Crippen LogP contribution in [-0.4, -0.2) is 24.2 Å². The van der Waals surface area contributed by atoms with Gasteiger partial charge in [0.15, 0.2) is 0 Å². The first kappa shape index (κ1) is 14.6. The average Bonchev–Trinajstić information content (AvgIpc) is 2.38. The van der Waals surface area contributed by atoms with E-state index >= 15 is 0 Å². The molecular formula is C14H22N2O2S. The highest BCUT2D eigenvalue weighted by Crippen LogP contribution is 2.41. The highest BCUT2D eigenvalue weighted by Gasteiger charge is 2.38. The summed E-state index contributed by atoms with van der Waals surface area (Å²) in [7, 11) is 3.44. The van der Waals surface area contributed by atoms with Crippen molar-refractivity contribution in [2.45, 2.75) is 44.8 Å². The minimum absolute atomic E-state index is 0.324. The van der Waals surface area contributed by atoms with E-state index in [1.165, 1.54) is 6.42 Å². The van der Waals surface area contributed by atoms with E-state index in [-0.39, 0.29) is 5.60 Å². The van der Waals surface area contributed by atoms with E-state index in [9.17, 15) is 0 Å². The number of aromatic amines is 1. The van der Waals surface area contributed by atoms with Crippen LogP contribution in [0.1, 0.15) is 44.1 Å². The molecule has 2 atom stereocenters. The quantitative estimate of drug-likeness (QED) is 0.860. The number of H-pyrrole nitrogens is 1. The third-order valence-corrected chi connectivity index (χ3v) is 4.09. The fraction of sp³-hybridized carbons (Fsp3) is 0.714. The zero-order valence-corrected chi connectivity index (χ0v) is 12.7. The van der Waals surface area contributed by atoms with Gasteiger partial charge in [0.05, 0.1) is 6.61 Å². The Kier molecular flexibility index (Phi) is 4.71. The van der Waals surface area contributed by atoms with Crippen molar-refractivity contribution < 1.29 is 9.47 Å². The van der Waals surface area contributed by atoms with Crippen molar-refractivity contribution >= 4 is 12.2 Å². The molecular weight excluding hydrogens is 260 g/mol. The standard InChI is InChI=1S/C14H22N2O2S/c1-10-5-4-6-14(8-10,18-3)13-15-11(9-17-2)7-12(19)16-13/h7,10H,4-6,8-9H2,1-3H3,(H,15,16,19). The lowest BCUT2D eigenvalue weighted by molar-refractivity contribution is -0.0649. The first-order valence-electron chi connectivity index (χ1n) is 6.74. The molecule has 1 aromatic rings. The second kappa shape index (κ2) is 6.11. The van der Waals surface area contributed by atoms with E-state index in [0.29, 0.717) is 17.2 Å². The van der Waals surface area contributed by atoms with Crippen LogP contribution in [0.15, 0.2) is 6.07 Å². The Balaban J connectivity index is 2.39. The zero-order chi connectivity index (χ0) is 13.9. The molecule has 1 saturated carbocycles. The van der Waals surface area contributed by atoms with Gasteiger partial charge in [0, 0.05) is 19.9 Å². The molecule has 1 heterocycles. The maximum absolute atomic E-state index is 5.84. The van der Waals surface area contributed by atoms with E-state index in [1.54, 1.807) is 14.2 Å². The summed E-state index contributed by atoms with van der Waals surface area (Å²) in [5, 5.41) is 0. The van der Waals surface area contributed by atoms with Crippen molar-refractivity contribution in [3.05, 3.63) is 22.2 Å². The molecule has 1 aliphatic carbocycles. The first-order chi connectivity index (χ1) is 9.09. The number of rotatable bonds is 4. The summed E-state index contributed by atoms with van der Waals surface area (Å²) in [6, 6.07) is 1.85. The van der Waals surface area contributed by atoms with Gasteiger partial charge in [0.2, 0.25) is 0 Å². The van der Waals surface area contributed by atoms with Gasteiger partial charge in [0.25, 0.3) is 0 Å². The van der Waals surface area contributed by atoms with Crippen LogP contribution in [-0.2, 0) is 21.7 Å². The largest absolute Gasteiger partial charge is 0.378 e. The Labute approximate surface area is 119 Å². The molecule has 0 spiro atoms. The SMILES string of the molecule is COCc1cc(=S)nc(C2(OC)CCCC(C)C2)[nH]1. The minimum Gasteiger partial charge on any atom is -0.378 e. The molecule has 5 heteroatoms. The fourth-order valence-corrected chi connectivity index (χ4v) is 3.19. The molecule has 0 bridgehead atoms. The lowest BCUT2D eigenvalue weighted by Gasteiger charge is -2.38. The molecule has 2 rings (SSSR count). The van der Waals surface area contributed by atoms with Gasteiger partial charge in [-0.1, -0.05) is 25.6 Å². The number of hydrogen-bond donors (Lipinski definition) is 1. The van der Waals surface area contributed by atoms with Crippen LogP contribution in [0, 0.1) is 10.6 Å². The van der Waals surface area contributed by atoms with Crippen LogP contribution in [0.3, 0.4) is 0 Å². The van der Waals surface area contributed by atoms with Crippen molar-refractivity contribution in [1.82, 2.24) is 9.97 Å². The highest BCUT2D eigenvalue weighted by molar-refractivity contribution is 7.71. The highest BCUT2D eigenvalue weighted by atomic mass is 32.1. The number of aromatic nitrogens is 2. The van der Waals surface area contributed by atoms with Crippen LogP contribution < -0.4 is 0 Å². The predicted molar refractivity (Wildman–Crippen MR) is 76.5 cm³/mol. The maximum atomic E-state index is 5.84. The molecule has 1 fully saturated rings. The molecule has 1 N–H and O–H groups in total. The van der Waals surface area contributed by atoms with E-state index in [0.717, 1.165) is 30.8 Å². The molecule has 0 aliphatic heterocycles. The number of nitrogens with one attached hydrogen (secondary N) is 1. The lowest BCUT2D eigenvalue weighted by atomic mass is 9.78. The van der Waals surface area contributed by atoms with Crippen molar-refractivity contribution in [1.29, 1.82) is 0 Å². The Morgan fingerprint density at radius 3 is 2.95 bits per heavy atom.